The Morgan fingerprint density at radius 1 is 0.566 bits per heavy atom. The molecule has 0 fully saturated rings. The van der Waals surface area contributed by atoms with Crippen LogP contribution in [0.3, 0.4) is 0 Å². The average Bonchev–Trinajstić information content (AvgIpc) is 3.63. The molecule has 2 aliphatic heterocycles. The van der Waals surface area contributed by atoms with Crippen molar-refractivity contribution in [2.24, 2.45) is 0 Å². The second kappa shape index (κ2) is 14.5. The van der Waals surface area contributed by atoms with Crippen molar-refractivity contribution in [3.63, 3.8) is 0 Å². The molecule has 0 atom stereocenters. The molecule has 0 radical (unpaired) electrons. The van der Waals surface area contributed by atoms with Crippen LogP contribution in [0.4, 0.5) is 17.1 Å². The van der Waals surface area contributed by atoms with Crippen molar-refractivity contribution in [3.05, 3.63) is 138 Å². The molecule has 0 saturated carbocycles. The van der Waals surface area contributed by atoms with E-state index >= 15 is 0 Å². The number of aryl methyl sites for hydroxylation is 2. The van der Waals surface area contributed by atoms with Crippen molar-refractivity contribution >= 4 is 17.1 Å². The van der Waals surface area contributed by atoms with E-state index < -0.39 is 0 Å². The fourth-order valence-corrected chi connectivity index (χ4v) is 7.04. The number of benzene rings is 6. The molecule has 6 aromatic rings. The normalized spacial score (nSPS) is 12.8. The minimum absolute atomic E-state index is 0.252. The second-order valence-corrected chi connectivity index (χ2v) is 13.2. The van der Waals surface area contributed by atoms with Crippen LogP contribution in [0, 0.1) is 38.5 Å². The molecule has 0 N–H and O–H groups in total. The fourth-order valence-electron chi connectivity index (χ4n) is 7.04. The van der Waals surface area contributed by atoms with E-state index in [1.165, 1.54) is 22.3 Å². The number of hydrogen-bond donors (Lipinski definition) is 0. The molecule has 6 aromatic carbocycles. The Kier molecular flexibility index (Phi) is 9.11. The molecule has 6 nitrogen and oxygen atoms in total. The van der Waals surface area contributed by atoms with Gasteiger partial charge in [-0.1, -0.05) is 60.4 Å². The van der Waals surface area contributed by atoms with Gasteiger partial charge in [0, 0.05) is 23.5 Å². The number of terminal acetylenes is 2. The maximum Gasteiger partial charge on any atom is 0.165 e. The van der Waals surface area contributed by atoms with Crippen LogP contribution >= 0.6 is 0 Å². The predicted molar refractivity (Wildman–Crippen MR) is 213 cm³/mol. The number of nitrogens with zero attached hydrogens (tertiary/aromatic N) is 2. The number of anilines is 3. The first-order chi connectivity index (χ1) is 26.0. The largest absolute Gasteiger partial charge is 0.481 e. The Hall–Kier alpha value is -6.76. The summed E-state index contributed by atoms with van der Waals surface area (Å²) >= 11 is 0. The van der Waals surface area contributed by atoms with Crippen LogP contribution < -0.4 is 28.7 Å². The molecule has 6 heteroatoms. The average molecular weight is 695 g/mol. The van der Waals surface area contributed by atoms with Crippen LogP contribution in [0.25, 0.3) is 33.4 Å². The highest BCUT2D eigenvalue weighted by Crippen LogP contribution is 2.43. The highest BCUT2D eigenvalue weighted by Gasteiger charge is 2.24. The first kappa shape index (κ1) is 33.4. The van der Waals surface area contributed by atoms with E-state index in [9.17, 15) is 0 Å². The fraction of sp³-hybridized carbons (Fsp3) is 0.149. The summed E-state index contributed by atoms with van der Waals surface area (Å²) in [6.07, 6.45) is 10.7. The van der Waals surface area contributed by atoms with Crippen molar-refractivity contribution in [2.75, 3.05) is 36.5 Å². The lowest BCUT2D eigenvalue weighted by atomic mass is 9.95. The van der Waals surface area contributed by atoms with E-state index in [-0.39, 0.29) is 13.2 Å². The Bertz CT molecular complexity index is 2390. The Morgan fingerprint density at radius 3 is 1.70 bits per heavy atom. The molecule has 0 spiro atoms. The summed E-state index contributed by atoms with van der Waals surface area (Å²) in [7, 11) is 0. The first-order valence-electron chi connectivity index (χ1n) is 17.6. The summed E-state index contributed by atoms with van der Waals surface area (Å²) in [5.41, 5.74) is 13.7. The minimum Gasteiger partial charge on any atom is -0.481 e. The van der Waals surface area contributed by atoms with Gasteiger partial charge in [0.15, 0.2) is 13.5 Å². The Labute approximate surface area is 311 Å². The monoisotopic (exact) mass is 694 g/mol. The van der Waals surface area contributed by atoms with Gasteiger partial charge in [-0.05, 0) is 131 Å². The Balaban J connectivity index is 0.981. The lowest BCUT2D eigenvalue weighted by Crippen LogP contribution is -2.31. The molecule has 2 heterocycles. The first-order valence-corrected chi connectivity index (χ1v) is 17.6. The van der Waals surface area contributed by atoms with Crippen molar-refractivity contribution in [1.29, 1.82) is 0 Å². The molecule has 260 valence electrons. The lowest BCUT2D eigenvalue weighted by Gasteiger charge is -2.31. The maximum atomic E-state index is 6.22. The molecular formula is C47H38N2O4. The van der Waals surface area contributed by atoms with Gasteiger partial charge >= 0.3 is 0 Å². The zero-order chi connectivity index (χ0) is 36.3. The van der Waals surface area contributed by atoms with Crippen molar-refractivity contribution in [1.82, 2.24) is 0 Å². The van der Waals surface area contributed by atoms with Crippen molar-refractivity contribution in [3.8, 4) is 81.1 Å². The van der Waals surface area contributed by atoms with Gasteiger partial charge in [0.1, 0.15) is 36.2 Å². The summed E-state index contributed by atoms with van der Waals surface area (Å²) in [6, 6.07) is 42.0. The predicted octanol–water partition coefficient (Wildman–Crippen LogP) is 10.2. The zero-order valence-electron chi connectivity index (χ0n) is 29.8. The van der Waals surface area contributed by atoms with E-state index in [1.54, 1.807) is 0 Å². The topological polar surface area (TPSA) is 43.4 Å². The minimum atomic E-state index is 0.252. The van der Waals surface area contributed by atoms with E-state index in [4.69, 9.17) is 31.8 Å². The number of hydrogen-bond acceptors (Lipinski definition) is 6. The van der Waals surface area contributed by atoms with Gasteiger partial charge < -0.3 is 28.7 Å². The third-order valence-corrected chi connectivity index (χ3v) is 9.80. The van der Waals surface area contributed by atoms with Gasteiger partial charge in [-0.25, -0.2) is 0 Å². The summed E-state index contributed by atoms with van der Waals surface area (Å²) in [5.74, 6) is 8.32. The molecule has 0 bridgehead atoms. The van der Waals surface area contributed by atoms with E-state index in [1.807, 2.05) is 30.3 Å². The van der Waals surface area contributed by atoms with Crippen LogP contribution in [0.2, 0.25) is 0 Å². The van der Waals surface area contributed by atoms with Crippen molar-refractivity contribution < 1.29 is 18.9 Å². The standard InChI is InChI=1S/C47H38N2O4/c1-5-23-50-41-15-7-34(8-16-41)36-11-21-46-38(27-36)29-48(30-52-46)39-13-19-43(32(3)25-39)44-20-14-40(26-33(44)4)49-31-53-47-22-12-37(28-45(47)49)35-9-17-42(18-10-35)51-24-6-2/h1-2,7-22,25-28H,23-24,29-31H2,3-4H3. The highest BCUT2D eigenvalue weighted by molar-refractivity contribution is 5.81. The van der Waals surface area contributed by atoms with Crippen LogP contribution in [-0.2, 0) is 6.54 Å². The highest BCUT2D eigenvalue weighted by atomic mass is 16.5. The SMILES string of the molecule is C#CCOc1ccc(-c2ccc3c(c2)CN(c2ccc(-c4ccc(N5COc6ccc(-c7ccc(OCC#C)cc7)cc65)cc4C)c(C)c2)CO3)cc1. The van der Waals surface area contributed by atoms with E-state index in [0.29, 0.717) is 13.5 Å². The van der Waals surface area contributed by atoms with E-state index in [2.05, 4.69) is 126 Å². The third kappa shape index (κ3) is 6.84. The van der Waals surface area contributed by atoms with Crippen LogP contribution in [-0.4, -0.2) is 26.7 Å². The van der Waals surface area contributed by atoms with Gasteiger partial charge in [-0.3, -0.25) is 0 Å². The van der Waals surface area contributed by atoms with Gasteiger partial charge in [0.25, 0.3) is 0 Å². The molecule has 0 amide bonds. The molecule has 2 aliphatic rings. The second-order valence-electron chi connectivity index (χ2n) is 13.2. The van der Waals surface area contributed by atoms with Gasteiger partial charge in [0.2, 0.25) is 0 Å². The lowest BCUT2D eigenvalue weighted by molar-refractivity contribution is 0.289. The summed E-state index contributed by atoms with van der Waals surface area (Å²) in [5, 5.41) is 0. The van der Waals surface area contributed by atoms with Crippen molar-refractivity contribution in [2.45, 2.75) is 20.4 Å². The van der Waals surface area contributed by atoms with E-state index in [0.717, 1.165) is 74.4 Å². The molecular weight excluding hydrogens is 657 g/mol. The summed E-state index contributed by atoms with van der Waals surface area (Å²) in [4.78, 5) is 4.50. The van der Waals surface area contributed by atoms with Gasteiger partial charge in [0.05, 0.1) is 5.69 Å². The van der Waals surface area contributed by atoms with Crippen LogP contribution in [0.1, 0.15) is 16.7 Å². The number of fused-ring (bicyclic) bond motifs is 2. The molecule has 8 rings (SSSR count). The number of rotatable bonds is 9. The molecule has 53 heavy (non-hydrogen) atoms. The molecule has 0 unspecified atom stereocenters. The number of ether oxygens (including phenoxy) is 4. The van der Waals surface area contributed by atoms with Gasteiger partial charge in [-0.2, -0.15) is 0 Å². The Morgan fingerprint density at radius 2 is 1.09 bits per heavy atom. The third-order valence-electron chi connectivity index (χ3n) is 9.80. The quantitative estimate of drug-likeness (QED) is 0.140. The summed E-state index contributed by atoms with van der Waals surface area (Å²) < 4.78 is 23.4. The summed E-state index contributed by atoms with van der Waals surface area (Å²) in [6.45, 7) is 6.57. The van der Waals surface area contributed by atoms with Crippen LogP contribution in [0.5, 0.6) is 23.0 Å². The van der Waals surface area contributed by atoms with Crippen LogP contribution in [0.15, 0.2) is 121 Å². The molecule has 0 aliphatic carbocycles. The zero-order valence-corrected chi connectivity index (χ0v) is 29.8. The van der Waals surface area contributed by atoms with Gasteiger partial charge in [-0.15, -0.1) is 12.8 Å². The molecule has 0 aromatic heterocycles. The maximum absolute atomic E-state index is 6.22. The smallest absolute Gasteiger partial charge is 0.165 e. The molecule has 0 saturated heterocycles.